The number of nitrogens with zero attached hydrogens (tertiary/aromatic N) is 3. The molecule has 2 aromatic heterocycles. The van der Waals surface area contributed by atoms with Crippen LogP contribution in [0, 0.1) is 5.41 Å². The molecule has 2 saturated carbocycles. The minimum atomic E-state index is -0.917. The summed E-state index contributed by atoms with van der Waals surface area (Å²) in [6.07, 6.45) is 5.49. The smallest absolute Gasteiger partial charge is 0.335 e. The van der Waals surface area contributed by atoms with Gasteiger partial charge in [-0.25, -0.2) is 9.78 Å². The Balaban J connectivity index is 1.03. The Morgan fingerprint density at radius 1 is 1.21 bits per heavy atom. The van der Waals surface area contributed by atoms with E-state index in [9.17, 15) is 9.90 Å². The number of thiazole rings is 1. The summed E-state index contributed by atoms with van der Waals surface area (Å²) in [5.41, 5.74) is 3.73. The molecule has 4 aromatic rings. The van der Waals surface area contributed by atoms with E-state index in [1.807, 2.05) is 18.2 Å². The number of rotatable bonds is 7. The van der Waals surface area contributed by atoms with Gasteiger partial charge in [-0.2, -0.15) is 0 Å². The van der Waals surface area contributed by atoms with Crippen molar-refractivity contribution >= 4 is 55.9 Å². The van der Waals surface area contributed by atoms with Crippen molar-refractivity contribution in [2.45, 2.75) is 50.7 Å². The molecule has 38 heavy (non-hydrogen) atoms. The monoisotopic (exact) mass is 569 g/mol. The second-order valence-electron chi connectivity index (χ2n) is 10.7. The maximum Gasteiger partial charge on any atom is 0.335 e. The average Bonchev–Trinajstić information content (AvgIpc) is 3.29. The SMILES string of the molecule is O=C(O)c1ccc2nc(N3CCC4(CC(OCc5c(-c6c(Cl)cccc6Cl)noc5C5CC5)C4)C3)sc2c1. The van der Waals surface area contributed by atoms with Gasteiger partial charge in [0.15, 0.2) is 5.13 Å². The second kappa shape index (κ2) is 9.23. The first-order chi connectivity index (χ1) is 18.4. The molecule has 7 nitrogen and oxygen atoms in total. The molecule has 0 atom stereocenters. The number of aromatic nitrogens is 2. The standard InChI is InChI=1S/C28H25Cl2N3O4S/c29-19-2-1-3-20(30)23(19)24-18(25(37-32-24)15-4-5-15)13-36-17-11-28(12-17)8-9-33(14-28)27-31-21-7-6-16(26(34)35)10-22(21)38-27/h1-3,6-7,10,15,17H,4-5,8-9,11-14H2,(H,34,35). The van der Waals surface area contributed by atoms with Crippen molar-refractivity contribution in [3.05, 3.63) is 63.3 Å². The molecule has 2 aliphatic carbocycles. The molecule has 1 N–H and O–H groups in total. The van der Waals surface area contributed by atoms with Crippen LogP contribution in [0.5, 0.6) is 0 Å². The summed E-state index contributed by atoms with van der Waals surface area (Å²) < 4.78 is 13.1. The van der Waals surface area contributed by atoms with Crippen LogP contribution in [-0.2, 0) is 11.3 Å². The fourth-order valence-electron chi connectivity index (χ4n) is 5.89. The van der Waals surface area contributed by atoms with Crippen molar-refractivity contribution in [2.24, 2.45) is 5.41 Å². The minimum Gasteiger partial charge on any atom is -0.478 e. The second-order valence-corrected chi connectivity index (χ2v) is 12.6. The summed E-state index contributed by atoms with van der Waals surface area (Å²) in [5, 5.41) is 15.7. The third kappa shape index (κ3) is 4.28. The van der Waals surface area contributed by atoms with Gasteiger partial charge in [-0.15, -0.1) is 0 Å². The number of carboxylic acid groups (broad SMARTS) is 1. The predicted octanol–water partition coefficient (Wildman–Crippen LogP) is 7.41. The molecule has 0 unspecified atom stereocenters. The van der Waals surface area contributed by atoms with Gasteiger partial charge in [0, 0.05) is 30.1 Å². The zero-order valence-electron chi connectivity index (χ0n) is 20.5. The molecular weight excluding hydrogens is 545 g/mol. The number of carbonyl (C=O) groups is 1. The lowest BCUT2D eigenvalue weighted by Crippen LogP contribution is -2.44. The molecular formula is C28H25Cl2N3O4S. The molecule has 3 aliphatic rings. The molecule has 0 amide bonds. The third-order valence-corrected chi connectivity index (χ3v) is 9.79. The summed E-state index contributed by atoms with van der Waals surface area (Å²) in [6.45, 7) is 2.32. The normalized spacial score (nSPS) is 22.9. The zero-order chi connectivity index (χ0) is 26.0. The van der Waals surface area contributed by atoms with E-state index in [0.717, 1.165) is 71.9 Å². The molecule has 196 valence electrons. The number of fused-ring (bicyclic) bond motifs is 1. The maximum atomic E-state index is 11.3. The quantitative estimate of drug-likeness (QED) is 0.248. The number of hydrogen-bond donors (Lipinski definition) is 1. The number of ether oxygens (including phenoxy) is 1. The Kier molecular flexibility index (Phi) is 5.92. The molecule has 3 fully saturated rings. The molecule has 1 saturated heterocycles. The highest BCUT2D eigenvalue weighted by molar-refractivity contribution is 7.22. The Labute approximate surface area is 233 Å². The van der Waals surface area contributed by atoms with Gasteiger partial charge >= 0.3 is 5.97 Å². The van der Waals surface area contributed by atoms with E-state index in [1.165, 1.54) is 0 Å². The number of aromatic carboxylic acids is 1. The Bertz CT molecular complexity index is 1540. The Morgan fingerprint density at radius 2 is 2.00 bits per heavy atom. The van der Waals surface area contributed by atoms with Crippen LogP contribution in [0.4, 0.5) is 5.13 Å². The molecule has 1 aliphatic heterocycles. The van der Waals surface area contributed by atoms with Gasteiger partial charge < -0.3 is 19.3 Å². The van der Waals surface area contributed by atoms with Crippen LogP contribution in [0.2, 0.25) is 10.0 Å². The predicted molar refractivity (Wildman–Crippen MR) is 148 cm³/mol. The van der Waals surface area contributed by atoms with Crippen molar-refractivity contribution in [1.29, 1.82) is 0 Å². The lowest BCUT2D eigenvalue weighted by Gasteiger charge is -2.44. The molecule has 10 heteroatoms. The van der Waals surface area contributed by atoms with E-state index >= 15 is 0 Å². The number of halogens is 2. The van der Waals surface area contributed by atoms with Gasteiger partial charge in [0.2, 0.25) is 0 Å². The van der Waals surface area contributed by atoms with Crippen molar-refractivity contribution in [1.82, 2.24) is 10.1 Å². The van der Waals surface area contributed by atoms with E-state index < -0.39 is 5.97 Å². The van der Waals surface area contributed by atoms with Gasteiger partial charge in [0.25, 0.3) is 0 Å². The highest BCUT2D eigenvalue weighted by Crippen LogP contribution is 2.52. The first-order valence-corrected chi connectivity index (χ1v) is 14.4. The minimum absolute atomic E-state index is 0.181. The first kappa shape index (κ1) is 24.4. The van der Waals surface area contributed by atoms with Crippen molar-refractivity contribution in [3.63, 3.8) is 0 Å². The van der Waals surface area contributed by atoms with Crippen LogP contribution in [-0.4, -0.2) is 40.4 Å². The van der Waals surface area contributed by atoms with Crippen LogP contribution < -0.4 is 4.90 Å². The molecule has 3 heterocycles. The van der Waals surface area contributed by atoms with E-state index in [0.29, 0.717) is 39.4 Å². The average molecular weight is 570 g/mol. The Hall–Kier alpha value is -2.65. The number of carboxylic acids is 1. The fourth-order valence-corrected chi connectivity index (χ4v) is 7.49. The van der Waals surface area contributed by atoms with Crippen molar-refractivity contribution in [2.75, 3.05) is 18.0 Å². The van der Waals surface area contributed by atoms with E-state index in [2.05, 4.69) is 10.1 Å². The summed E-state index contributed by atoms with van der Waals surface area (Å²) in [4.78, 5) is 18.4. The topological polar surface area (TPSA) is 88.7 Å². The Morgan fingerprint density at radius 3 is 2.74 bits per heavy atom. The largest absolute Gasteiger partial charge is 0.478 e. The zero-order valence-corrected chi connectivity index (χ0v) is 22.8. The van der Waals surface area contributed by atoms with Crippen molar-refractivity contribution < 1.29 is 19.2 Å². The molecule has 0 radical (unpaired) electrons. The van der Waals surface area contributed by atoms with Gasteiger partial charge in [0.1, 0.15) is 11.5 Å². The van der Waals surface area contributed by atoms with Crippen LogP contribution in [0.1, 0.15) is 59.7 Å². The summed E-state index contributed by atoms with van der Waals surface area (Å²) in [7, 11) is 0. The van der Waals surface area contributed by atoms with Crippen LogP contribution in [0.25, 0.3) is 21.5 Å². The number of benzene rings is 2. The fraction of sp³-hybridized carbons (Fsp3) is 0.393. The molecule has 1 spiro atoms. The number of anilines is 1. The van der Waals surface area contributed by atoms with Crippen molar-refractivity contribution in [3.8, 4) is 11.3 Å². The number of hydrogen-bond acceptors (Lipinski definition) is 7. The van der Waals surface area contributed by atoms with E-state index in [-0.39, 0.29) is 11.5 Å². The highest BCUT2D eigenvalue weighted by atomic mass is 35.5. The summed E-state index contributed by atoms with van der Waals surface area (Å²) in [6, 6.07) is 10.6. The van der Waals surface area contributed by atoms with E-state index in [4.69, 9.17) is 37.4 Å². The molecule has 7 rings (SSSR count). The maximum absolute atomic E-state index is 11.3. The van der Waals surface area contributed by atoms with Gasteiger partial charge in [-0.05, 0) is 67.9 Å². The lowest BCUT2D eigenvalue weighted by molar-refractivity contribution is -0.0796. The third-order valence-electron chi connectivity index (χ3n) is 8.08. The van der Waals surface area contributed by atoms with Gasteiger partial charge in [0.05, 0.1) is 38.5 Å². The van der Waals surface area contributed by atoms with Crippen LogP contribution in [0.15, 0.2) is 40.9 Å². The molecule has 2 aromatic carbocycles. The van der Waals surface area contributed by atoms with Crippen LogP contribution >= 0.6 is 34.5 Å². The summed E-state index contributed by atoms with van der Waals surface area (Å²) in [5.74, 6) is 0.381. The summed E-state index contributed by atoms with van der Waals surface area (Å²) >= 11 is 14.6. The van der Waals surface area contributed by atoms with Gasteiger partial charge in [-0.1, -0.05) is 45.8 Å². The molecule has 0 bridgehead atoms. The lowest BCUT2D eigenvalue weighted by atomic mass is 9.66. The highest BCUT2D eigenvalue weighted by Gasteiger charge is 2.49. The first-order valence-electron chi connectivity index (χ1n) is 12.8. The van der Waals surface area contributed by atoms with Gasteiger partial charge in [-0.3, -0.25) is 0 Å². The van der Waals surface area contributed by atoms with E-state index in [1.54, 1.807) is 29.5 Å². The van der Waals surface area contributed by atoms with Crippen LogP contribution in [0.3, 0.4) is 0 Å².